The van der Waals surface area contributed by atoms with Gasteiger partial charge in [-0.05, 0) is 65.6 Å². The van der Waals surface area contributed by atoms with E-state index in [0.29, 0.717) is 44.7 Å². The zero-order valence-electron chi connectivity index (χ0n) is 26.9. The molecule has 5 rings (SSSR count). The molecule has 0 saturated carbocycles. The third-order valence-electron chi connectivity index (χ3n) is 8.27. The quantitative estimate of drug-likeness (QED) is 0.370. The van der Waals surface area contributed by atoms with Crippen molar-refractivity contribution in [1.82, 2.24) is 30.0 Å². The Morgan fingerprint density at radius 2 is 1.84 bits per heavy atom. The number of anilines is 1. The van der Waals surface area contributed by atoms with Gasteiger partial charge in [0, 0.05) is 61.3 Å². The maximum atomic E-state index is 16.4. The normalized spacial score (nSPS) is 21.4. The molecule has 0 spiro atoms. The fourth-order valence-corrected chi connectivity index (χ4v) is 6.38. The van der Waals surface area contributed by atoms with Gasteiger partial charge in [-0.3, -0.25) is 10.2 Å². The Kier molecular flexibility index (Phi) is 9.69. The molecule has 2 fully saturated rings. The number of hydrogen-bond donors (Lipinski definition) is 1. The first kappa shape index (κ1) is 33.1. The smallest absolute Gasteiger partial charge is 0.410 e. The van der Waals surface area contributed by atoms with E-state index in [0.717, 1.165) is 11.3 Å². The van der Waals surface area contributed by atoms with Gasteiger partial charge in [0.05, 0.1) is 19.3 Å². The number of halogens is 3. The summed E-state index contributed by atoms with van der Waals surface area (Å²) in [4.78, 5) is 28.4. The lowest BCUT2D eigenvalue weighted by atomic mass is 10.00. The van der Waals surface area contributed by atoms with E-state index < -0.39 is 29.6 Å². The number of aromatic nitrogens is 2. The lowest BCUT2D eigenvalue weighted by Crippen LogP contribution is -2.57. The highest BCUT2D eigenvalue weighted by atomic mass is 35.5. The van der Waals surface area contributed by atoms with Gasteiger partial charge in [-0.15, -0.1) is 0 Å². The van der Waals surface area contributed by atoms with E-state index in [4.69, 9.17) is 21.1 Å². The number of rotatable bonds is 6. The van der Waals surface area contributed by atoms with Crippen LogP contribution in [0.15, 0.2) is 30.3 Å². The van der Waals surface area contributed by atoms with Crippen molar-refractivity contribution in [3.8, 4) is 5.75 Å². The molecule has 1 N–H and O–H groups in total. The molecule has 3 atom stereocenters. The second-order valence-corrected chi connectivity index (χ2v) is 13.4. The minimum Gasteiger partial charge on any atom is -0.497 e. The Bertz CT molecular complexity index is 1540. The van der Waals surface area contributed by atoms with Crippen LogP contribution < -0.4 is 15.0 Å². The average molecular weight is 646 g/mol. The number of nitrogens with zero attached hydrogens (tertiary/aromatic N) is 6. The van der Waals surface area contributed by atoms with Crippen molar-refractivity contribution in [3.63, 3.8) is 0 Å². The molecule has 244 valence electrons. The summed E-state index contributed by atoms with van der Waals surface area (Å²) in [5.74, 6) is 0.357. The summed E-state index contributed by atoms with van der Waals surface area (Å²) in [5, 5.41) is 4.08. The van der Waals surface area contributed by atoms with Crippen molar-refractivity contribution in [3.05, 3.63) is 58.4 Å². The predicted octanol–water partition coefficient (Wildman–Crippen LogP) is 5.05. The van der Waals surface area contributed by atoms with Crippen LogP contribution >= 0.6 is 11.6 Å². The molecule has 10 nitrogen and oxygen atoms in total. The number of nitrogens with one attached hydrogen (secondary N) is 1. The number of ether oxygens (including phenoxy) is 2. The molecule has 2 unspecified atom stereocenters. The van der Waals surface area contributed by atoms with Crippen molar-refractivity contribution >= 4 is 34.4 Å². The summed E-state index contributed by atoms with van der Waals surface area (Å²) >= 11 is 6.83. The van der Waals surface area contributed by atoms with E-state index in [1.165, 1.54) is 0 Å². The number of hydrogen-bond acceptors (Lipinski definition) is 9. The SMILES string of the molecule is COc1ccc(CN(C)C2CN(C)CC(c3c(Cl)cc4c(N5CCN(C(=O)OC(C)(C)C)C[C@@H]5C)nc(F)nc4c3F)N2)cc1. The summed E-state index contributed by atoms with van der Waals surface area (Å²) in [6.45, 7) is 10.2. The van der Waals surface area contributed by atoms with Crippen LogP contribution in [0.3, 0.4) is 0 Å². The lowest BCUT2D eigenvalue weighted by molar-refractivity contribution is 0.0218. The molecule has 1 aromatic heterocycles. The summed E-state index contributed by atoms with van der Waals surface area (Å²) < 4.78 is 42.2. The number of likely N-dealkylation sites (N-methyl/N-ethyl adjacent to an activating group) is 2. The number of benzene rings is 2. The van der Waals surface area contributed by atoms with Crippen LogP contribution in [0.25, 0.3) is 10.9 Å². The number of carbonyl (C=O) groups is 1. The van der Waals surface area contributed by atoms with Crippen LogP contribution in [0, 0.1) is 11.9 Å². The summed E-state index contributed by atoms with van der Waals surface area (Å²) in [7, 11) is 5.62. The van der Waals surface area contributed by atoms with E-state index in [1.807, 2.05) is 71.0 Å². The van der Waals surface area contributed by atoms with Crippen molar-refractivity contribution < 1.29 is 23.0 Å². The van der Waals surface area contributed by atoms with Crippen molar-refractivity contribution in [2.45, 2.75) is 58.1 Å². The topological polar surface area (TPSA) is 86.3 Å². The third-order valence-corrected chi connectivity index (χ3v) is 8.58. The zero-order valence-corrected chi connectivity index (χ0v) is 27.7. The number of carbonyl (C=O) groups excluding carboxylic acids is 1. The summed E-state index contributed by atoms with van der Waals surface area (Å²) in [6, 6.07) is 8.79. The Balaban J connectivity index is 1.40. The van der Waals surface area contributed by atoms with Crippen molar-refractivity contribution in [1.29, 1.82) is 0 Å². The van der Waals surface area contributed by atoms with E-state index in [9.17, 15) is 9.18 Å². The second kappa shape index (κ2) is 13.2. The van der Waals surface area contributed by atoms with Gasteiger partial charge in [-0.1, -0.05) is 23.7 Å². The van der Waals surface area contributed by atoms with Crippen LogP contribution in [0.4, 0.5) is 19.4 Å². The highest BCUT2D eigenvalue weighted by Gasteiger charge is 2.35. The van der Waals surface area contributed by atoms with Crippen LogP contribution in [0.5, 0.6) is 5.75 Å². The molecule has 45 heavy (non-hydrogen) atoms. The van der Waals surface area contributed by atoms with Crippen LogP contribution in [-0.2, 0) is 11.3 Å². The number of methoxy groups -OCH3 is 1. The molecular formula is C32H42ClF2N7O3. The van der Waals surface area contributed by atoms with Crippen molar-refractivity contribution in [2.24, 2.45) is 0 Å². The molecule has 3 aromatic rings. The van der Waals surface area contributed by atoms with Crippen molar-refractivity contribution in [2.75, 3.05) is 58.8 Å². The molecule has 13 heteroatoms. The Labute approximate surface area is 268 Å². The molecule has 3 heterocycles. The van der Waals surface area contributed by atoms with Gasteiger partial charge < -0.3 is 24.2 Å². The highest BCUT2D eigenvalue weighted by molar-refractivity contribution is 6.32. The Morgan fingerprint density at radius 3 is 2.49 bits per heavy atom. The first-order chi connectivity index (χ1) is 21.2. The highest BCUT2D eigenvalue weighted by Crippen LogP contribution is 2.37. The fourth-order valence-electron chi connectivity index (χ4n) is 6.06. The first-order valence-corrected chi connectivity index (χ1v) is 15.5. The molecule has 2 aliphatic rings. The molecule has 1 amide bonds. The first-order valence-electron chi connectivity index (χ1n) is 15.1. The zero-order chi connectivity index (χ0) is 32.6. The average Bonchev–Trinajstić information content (AvgIpc) is 2.96. The van der Waals surface area contributed by atoms with Gasteiger partial charge in [0.1, 0.15) is 22.7 Å². The number of piperazine rings is 2. The van der Waals surface area contributed by atoms with Gasteiger partial charge in [-0.25, -0.2) is 9.18 Å². The molecular weight excluding hydrogens is 604 g/mol. The monoisotopic (exact) mass is 645 g/mol. The predicted molar refractivity (Wildman–Crippen MR) is 171 cm³/mol. The van der Waals surface area contributed by atoms with Gasteiger partial charge in [-0.2, -0.15) is 14.4 Å². The van der Waals surface area contributed by atoms with E-state index in [1.54, 1.807) is 18.1 Å². The van der Waals surface area contributed by atoms with Gasteiger partial charge in [0.15, 0.2) is 5.82 Å². The van der Waals surface area contributed by atoms with Crippen LogP contribution in [0.1, 0.15) is 44.9 Å². The minimum atomic E-state index is -1.03. The molecule has 2 aliphatic heterocycles. The number of fused-ring (bicyclic) bond motifs is 1. The lowest BCUT2D eigenvalue weighted by Gasteiger charge is -2.42. The maximum absolute atomic E-state index is 16.4. The largest absolute Gasteiger partial charge is 0.497 e. The van der Waals surface area contributed by atoms with Crippen LogP contribution in [0.2, 0.25) is 5.02 Å². The maximum Gasteiger partial charge on any atom is 0.410 e. The molecule has 0 bridgehead atoms. The molecule has 2 aromatic carbocycles. The van der Waals surface area contributed by atoms with Crippen LogP contribution in [-0.4, -0.2) is 102 Å². The molecule has 0 aliphatic carbocycles. The number of amides is 1. The molecule has 0 radical (unpaired) electrons. The summed E-state index contributed by atoms with van der Waals surface area (Å²) in [6.07, 6.45) is -1.55. The standard InChI is InChI=1S/C32H42ClF2N7O3/c1-19-15-41(31(43)45-32(2,3)4)12-13-42(19)29-22-14-23(33)26(27(34)28(22)37-30(35)38-29)24-17-39(5)18-25(36-24)40(6)16-20-8-10-21(44-7)11-9-20/h8-11,14,19,24-25,36H,12-13,15-18H2,1-7H3/t19-,24?,25?/m0/s1. The minimum absolute atomic E-state index is 0.109. The van der Waals surface area contributed by atoms with Gasteiger partial charge >= 0.3 is 12.2 Å². The van der Waals surface area contributed by atoms with E-state index in [2.05, 4.69) is 25.1 Å². The van der Waals surface area contributed by atoms with Gasteiger partial charge in [0.25, 0.3) is 0 Å². The van der Waals surface area contributed by atoms with E-state index >= 15 is 4.39 Å². The second-order valence-electron chi connectivity index (χ2n) is 13.0. The van der Waals surface area contributed by atoms with Gasteiger partial charge in [0.2, 0.25) is 0 Å². The Hall–Kier alpha value is -3.32. The Morgan fingerprint density at radius 1 is 1.13 bits per heavy atom. The molecule has 2 saturated heterocycles. The fraction of sp³-hybridized carbons (Fsp3) is 0.531. The third kappa shape index (κ3) is 7.40. The summed E-state index contributed by atoms with van der Waals surface area (Å²) in [5.41, 5.74) is 0.603. The van der Waals surface area contributed by atoms with E-state index in [-0.39, 0.29) is 34.1 Å².